The summed E-state index contributed by atoms with van der Waals surface area (Å²) >= 11 is 0. The lowest BCUT2D eigenvalue weighted by Crippen LogP contribution is -2.27. The Bertz CT molecular complexity index is 805. The number of anilines is 1. The van der Waals surface area contributed by atoms with Gasteiger partial charge in [0.05, 0.1) is 18.7 Å². The van der Waals surface area contributed by atoms with Gasteiger partial charge in [-0.1, -0.05) is 12.1 Å². The fourth-order valence-corrected chi connectivity index (χ4v) is 2.65. The van der Waals surface area contributed by atoms with Crippen molar-refractivity contribution < 1.29 is 23.9 Å². The van der Waals surface area contributed by atoms with Crippen LogP contribution in [0, 0.1) is 17.2 Å². The molecule has 8 nitrogen and oxygen atoms in total. The normalized spacial score (nSPS) is 17.3. The van der Waals surface area contributed by atoms with E-state index in [0.29, 0.717) is 11.4 Å². The van der Waals surface area contributed by atoms with Gasteiger partial charge >= 0.3 is 5.97 Å². The molecule has 1 aromatic carbocycles. The predicted molar refractivity (Wildman–Crippen MR) is 91.9 cm³/mol. The van der Waals surface area contributed by atoms with Gasteiger partial charge in [-0.05, 0) is 19.1 Å². The summed E-state index contributed by atoms with van der Waals surface area (Å²) in [4.78, 5) is 37.8. The maximum absolute atomic E-state index is 12.3. The summed E-state index contributed by atoms with van der Waals surface area (Å²) < 4.78 is 10.2. The van der Waals surface area contributed by atoms with E-state index in [2.05, 4.69) is 0 Å². The van der Waals surface area contributed by atoms with Gasteiger partial charge in [0, 0.05) is 18.7 Å². The summed E-state index contributed by atoms with van der Waals surface area (Å²) in [7, 11) is 1.50. The number of Topliss-reactive ketones (excluding diaryl/α,β-unsaturated/α-hetero) is 1. The third kappa shape index (κ3) is 4.00. The standard InChI is InChI=1S/C18H19N3O5/c1-11(20)13(8-19)15(22)10-26-18(24)12-7-17(23)21(9-12)14-5-3-4-6-16(14)25-2/h3-6,12H,7,9-10,20H2,1-2H3. The Balaban J connectivity index is 2.02. The van der Waals surface area contributed by atoms with Crippen LogP contribution < -0.4 is 15.4 Å². The number of amides is 1. The molecule has 136 valence electrons. The Hall–Kier alpha value is -3.34. The zero-order chi connectivity index (χ0) is 19.3. The van der Waals surface area contributed by atoms with Crippen LogP contribution in [0.3, 0.4) is 0 Å². The highest BCUT2D eigenvalue weighted by Crippen LogP contribution is 2.33. The Morgan fingerprint density at radius 2 is 2.08 bits per heavy atom. The number of para-hydroxylation sites is 2. The molecular formula is C18H19N3O5. The summed E-state index contributed by atoms with van der Waals surface area (Å²) in [5.74, 6) is -1.76. The Kier molecular flexibility index (Phi) is 5.96. The van der Waals surface area contributed by atoms with Gasteiger partial charge in [-0.25, -0.2) is 0 Å². The molecule has 2 N–H and O–H groups in total. The average molecular weight is 357 g/mol. The van der Waals surface area contributed by atoms with Crippen LogP contribution in [-0.4, -0.2) is 37.9 Å². The average Bonchev–Trinajstić information content (AvgIpc) is 3.01. The van der Waals surface area contributed by atoms with Crippen molar-refractivity contribution in [2.75, 3.05) is 25.2 Å². The van der Waals surface area contributed by atoms with E-state index in [1.807, 2.05) is 0 Å². The lowest BCUT2D eigenvalue weighted by molar-refractivity contribution is -0.151. The second kappa shape index (κ2) is 8.16. The molecular weight excluding hydrogens is 338 g/mol. The first kappa shape index (κ1) is 19.0. The number of ether oxygens (including phenoxy) is 2. The number of nitriles is 1. The first-order valence-corrected chi connectivity index (χ1v) is 7.88. The van der Waals surface area contributed by atoms with Crippen LogP contribution in [0.15, 0.2) is 35.5 Å². The second-order valence-corrected chi connectivity index (χ2v) is 5.78. The van der Waals surface area contributed by atoms with Crippen molar-refractivity contribution in [1.82, 2.24) is 0 Å². The van der Waals surface area contributed by atoms with Crippen molar-refractivity contribution in [3.8, 4) is 11.8 Å². The number of ketones is 1. The molecule has 1 amide bonds. The lowest BCUT2D eigenvalue weighted by atomic mass is 10.1. The van der Waals surface area contributed by atoms with Gasteiger partial charge in [0.2, 0.25) is 11.7 Å². The van der Waals surface area contributed by atoms with E-state index in [1.54, 1.807) is 30.3 Å². The first-order chi connectivity index (χ1) is 12.4. The number of benzene rings is 1. The molecule has 0 aromatic heterocycles. The molecule has 1 fully saturated rings. The molecule has 2 rings (SSSR count). The van der Waals surface area contributed by atoms with Gasteiger partial charge in [0.25, 0.3) is 0 Å². The fraction of sp³-hybridized carbons (Fsp3) is 0.333. The Labute approximate surface area is 150 Å². The third-order valence-corrected chi connectivity index (χ3v) is 3.96. The predicted octanol–water partition coefficient (Wildman–Crippen LogP) is 0.917. The summed E-state index contributed by atoms with van der Waals surface area (Å²) in [6.07, 6.45) is -0.0259. The molecule has 0 radical (unpaired) electrons. The van der Waals surface area contributed by atoms with Gasteiger partial charge in [-0.3, -0.25) is 14.4 Å². The molecule has 1 heterocycles. The lowest BCUT2D eigenvalue weighted by Gasteiger charge is -2.19. The maximum Gasteiger partial charge on any atom is 0.311 e. The highest BCUT2D eigenvalue weighted by molar-refractivity contribution is 6.02. The Morgan fingerprint density at radius 1 is 1.38 bits per heavy atom. The summed E-state index contributed by atoms with van der Waals surface area (Å²) in [6, 6.07) is 8.67. The van der Waals surface area contributed by atoms with Crippen LogP contribution in [0.1, 0.15) is 13.3 Å². The molecule has 1 saturated heterocycles. The van der Waals surface area contributed by atoms with Crippen molar-refractivity contribution in [3.63, 3.8) is 0 Å². The molecule has 0 saturated carbocycles. The molecule has 26 heavy (non-hydrogen) atoms. The highest BCUT2D eigenvalue weighted by atomic mass is 16.5. The van der Waals surface area contributed by atoms with Crippen LogP contribution in [-0.2, 0) is 19.1 Å². The van der Waals surface area contributed by atoms with Crippen LogP contribution >= 0.6 is 0 Å². The van der Waals surface area contributed by atoms with E-state index < -0.39 is 24.3 Å². The molecule has 8 heteroatoms. The number of nitrogens with zero attached hydrogens (tertiary/aromatic N) is 2. The number of carbonyl (C=O) groups is 3. The molecule has 1 aromatic rings. The Morgan fingerprint density at radius 3 is 2.69 bits per heavy atom. The minimum atomic E-state index is -0.700. The number of carbonyl (C=O) groups excluding carboxylic acids is 3. The second-order valence-electron chi connectivity index (χ2n) is 5.78. The number of allylic oxidation sites excluding steroid dienone is 1. The van der Waals surface area contributed by atoms with E-state index in [0.717, 1.165) is 0 Å². The summed E-state index contributed by atoms with van der Waals surface area (Å²) in [5.41, 5.74) is 5.83. The van der Waals surface area contributed by atoms with Crippen LogP contribution in [0.25, 0.3) is 0 Å². The molecule has 1 aliphatic rings. The van der Waals surface area contributed by atoms with Gasteiger partial charge in [-0.2, -0.15) is 5.26 Å². The quantitative estimate of drug-likeness (QED) is 0.456. The van der Waals surface area contributed by atoms with Crippen molar-refractivity contribution in [2.24, 2.45) is 11.7 Å². The SMILES string of the molecule is COc1ccccc1N1CC(C(=O)OCC(=O)C(C#N)=C(C)N)CC1=O. The fourth-order valence-electron chi connectivity index (χ4n) is 2.65. The zero-order valence-electron chi connectivity index (χ0n) is 14.5. The highest BCUT2D eigenvalue weighted by Gasteiger charge is 2.37. The molecule has 1 atom stereocenters. The van der Waals surface area contributed by atoms with E-state index in [1.165, 1.54) is 18.9 Å². The van der Waals surface area contributed by atoms with E-state index in [9.17, 15) is 14.4 Å². The minimum Gasteiger partial charge on any atom is -0.495 e. The van der Waals surface area contributed by atoms with Gasteiger partial charge in [-0.15, -0.1) is 0 Å². The van der Waals surface area contributed by atoms with E-state index in [4.69, 9.17) is 20.5 Å². The number of esters is 1. The van der Waals surface area contributed by atoms with Crippen molar-refractivity contribution >= 4 is 23.3 Å². The number of hydrogen-bond donors (Lipinski definition) is 1. The smallest absolute Gasteiger partial charge is 0.311 e. The number of methoxy groups -OCH3 is 1. The zero-order valence-corrected chi connectivity index (χ0v) is 14.5. The van der Waals surface area contributed by atoms with E-state index >= 15 is 0 Å². The van der Waals surface area contributed by atoms with Crippen LogP contribution in [0.2, 0.25) is 0 Å². The summed E-state index contributed by atoms with van der Waals surface area (Å²) in [6.45, 7) is 0.956. The number of rotatable bonds is 6. The molecule has 1 aliphatic heterocycles. The number of nitrogens with two attached hydrogens (primary N) is 1. The van der Waals surface area contributed by atoms with Crippen molar-refractivity contribution in [2.45, 2.75) is 13.3 Å². The topological polar surface area (TPSA) is 123 Å². The van der Waals surface area contributed by atoms with Crippen molar-refractivity contribution in [3.05, 3.63) is 35.5 Å². The van der Waals surface area contributed by atoms with Crippen molar-refractivity contribution in [1.29, 1.82) is 5.26 Å². The van der Waals surface area contributed by atoms with E-state index in [-0.39, 0.29) is 30.1 Å². The van der Waals surface area contributed by atoms with Gasteiger partial charge in [0.1, 0.15) is 17.4 Å². The van der Waals surface area contributed by atoms with Gasteiger partial charge in [0.15, 0.2) is 6.61 Å². The molecule has 0 spiro atoms. The number of hydrogen-bond acceptors (Lipinski definition) is 7. The first-order valence-electron chi connectivity index (χ1n) is 7.88. The molecule has 1 unspecified atom stereocenters. The van der Waals surface area contributed by atoms with Crippen LogP contribution in [0.5, 0.6) is 5.75 Å². The third-order valence-electron chi connectivity index (χ3n) is 3.96. The maximum atomic E-state index is 12.3. The van der Waals surface area contributed by atoms with Crippen LogP contribution in [0.4, 0.5) is 5.69 Å². The summed E-state index contributed by atoms with van der Waals surface area (Å²) in [5, 5.41) is 8.88. The molecule has 0 bridgehead atoms. The minimum absolute atomic E-state index is 0.0259. The largest absolute Gasteiger partial charge is 0.495 e. The monoisotopic (exact) mass is 357 g/mol. The van der Waals surface area contributed by atoms with Gasteiger partial charge < -0.3 is 20.1 Å². The molecule has 0 aliphatic carbocycles.